The first-order chi connectivity index (χ1) is 49.7. The van der Waals surface area contributed by atoms with Crippen molar-refractivity contribution in [3.8, 4) is 0 Å². The number of hydrogen-bond donors (Lipinski definition) is 2. The summed E-state index contributed by atoms with van der Waals surface area (Å²) >= 11 is 0. The molecule has 2 N–H and O–H groups in total. The normalized spacial score (nSPS) is 13.7. The summed E-state index contributed by atoms with van der Waals surface area (Å²) in [6, 6.07) is 0. The molecule has 0 aromatic rings. The Balaban J connectivity index is 0. The van der Waals surface area contributed by atoms with Crippen LogP contribution in [0, 0.1) is 0 Å². The van der Waals surface area contributed by atoms with E-state index in [-0.39, 0.29) is 0 Å². The van der Waals surface area contributed by atoms with Crippen molar-refractivity contribution in [3.63, 3.8) is 0 Å². The summed E-state index contributed by atoms with van der Waals surface area (Å²) in [6.07, 6.45) is 120. The van der Waals surface area contributed by atoms with Crippen LogP contribution in [0.25, 0.3) is 0 Å². The van der Waals surface area contributed by atoms with Gasteiger partial charge in [-0.2, -0.15) is 8.42 Å². The first-order valence-electron chi connectivity index (χ1n) is 52.0. The van der Waals surface area contributed by atoms with Crippen LogP contribution in [0.2, 0.25) is 40.8 Å². The summed E-state index contributed by atoms with van der Waals surface area (Å²) in [5.41, 5.74) is 0. The van der Waals surface area contributed by atoms with E-state index in [9.17, 15) is 0 Å². The van der Waals surface area contributed by atoms with Gasteiger partial charge in [-0.15, -0.1) is 0 Å². The summed E-state index contributed by atoms with van der Waals surface area (Å²) < 4.78 is 31.6. The Hall–Kier alpha value is 0.467. The Labute approximate surface area is 643 Å². The minimum Gasteiger partial charge on any atom is -0.264 e. The van der Waals surface area contributed by atoms with Crippen LogP contribution in [0.1, 0.15) is 569 Å². The van der Waals surface area contributed by atoms with Gasteiger partial charge in [-0.25, -0.2) is 0 Å². The van der Waals surface area contributed by atoms with Crippen molar-refractivity contribution < 1.29 is 17.5 Å². The first kappa shape index (κ1) is 105. The number of hydrogen-bond acceptors (Lipinski definition) is 2. The maximum atomic E-state index is 8.74. The van der Waals surface area contributed by atoms with E-state index < -0.39 is 20.1 Å². The average Bonchev–Trinajstić information content (AvgIpc) is 0.573. The molecular formula is C96H202LiO4S. The third-order valence-electron chi connectivity index (χ3n) is 41.5. The van der Waals surface area contributed by atoms with Gasteiger partial charge >= 0.3 is 630 Å². The SMILES string of the molecule is CCCCCCCCCCC[CH2][Li]([CH2]CCCCCCCCCCC)([CH2]CCCCCCCCCCC)([CH2]CCCCCCCCCCC)([CH2]CCCCCCCCCCC)([CH2]CCCCCCCCCCC)([CH2]CCCCCCCCCCC)[CH2]CCCCCCCCCCC.O=S(=O)(O)O. The Bertz CT molecular complexity index is 1450. The molecule has 102 heavy (non-hydrogen) atoms. The van der Waals surface area contributed by atoms with Crippen molar-refractivity contribution in [1.82, 2.24) is 0 Å². The molecule has 0 aromatic heterocycles. The fourth-order valence-electron chi connectivity index (χ4n) is 34.9. The molecule has 0 atom stereocenters. The summed E-state index contributed by atoms with van der Waals surface area (Å²) in [7, 11) is -10.1. The van der Waals surface area contributed by atoms with Crippen molar-refractivity contribution in [3.05, 3.63) is 0 Å². The van der Waals surface area contributed by atoms with E-state index in [0.717, 1.165) is 0 Å². The van der Waals surface area contributed by atoms with E-state index in [1.54, 1.807) is 143 Å². The van der Waals surface area contributed by atoms with Gasteiger partial charge in [0.25, 0.3) is 0 Å². The van der Waals surface area contributed by atoms with Gasteiger partial charge in [0.2, 0.25) is 0 Å². The fraction of sp³-hybridized carbons (Fsp3) is 1.00. The predicted octanol–water partition coefficient (Wildman–Crippen LogP) is 38.0. The van der Waals surface area contributed by atoms with Crippen LogP contribution >= 0.6 is 0 Å². The van der Waals surface area contributed by atoms with Gasteiger partial charge in [-0.05, 0) is 0 Å². The average molecular weight is 1460 g/mol. The first-order valence-corrected chi connectivity index (χ1v) is 53.4. The maximum absolute atomic E-state index is 8.74. The molecular weight excluding hydrogens is 1260 g/mol. The molecule has 0 amide bonds. The van der Waals surface area contributed by atoms with Crippen molar-refractivity contribution in [2.45, 2.75) is 610 Å². The van der Waals surface area contributed by atoms with E-state index in [1.165, 1.54) is 411 Å². The van der Waals surface area contributed by atoms with Crippen molar-refractivity contribution in [2.24, 2.45) is 0 Å². The molecule has 0 unspecified atom stereocenters. The van der Waals surface area contributed by atoms with Crippen LogP contribution in [0.5, 0.6) is 0 Å². The zero-order valence-corrected chi connectivity index (χ0v) is 74.2. The fourth-order valence-corrected chi connectivity index (χ4v) is 34.9. The van der Waals surface area contributed by atoms with Gasteiger partial charge in [0.1, 0.15) is 0 Å². The van der Waals surface area contributed by atoms with Gasteiger partial charge in [0.15, 0.2) is 0 Å². The molecule has 6 heteroatoms. The Morgan fingerprint density at radius 1 is 0.137 bits per heavy atom. The quantitative estimate of drug-likeness (QED) is 0.0362. The molecule has 0 radical (unpaired) electrons. The zero-order valence-electron chi connectivity index (χ0n) is 73.3. The monoisotopic (exact) mass is 1460 g/mol. The predicted molar refractivity (Wildman–Crippen MR) is 473 cm³/mol. The molecule has 0 aliphatic rings. The third kappa shape index (κ3) is 53.4. The topological polar surface area (TPSA) is 74.6 Å². The molecule has 0 aliphatic heterocycles. The number of rotatable bonds is 88. The molecule has 0 aliphatic carbocycles. The minimum atomic E-state index is -5.48. The second kappa shape index (κ2) is 68.3. The second-order valence-corrected chi connectivity index (χ2v) is 48.8. The Morgan fingerprint density at radius 2 is 0.196 bits per heavy atom. The number of unbranched alkanes of at least 4 members (excludes halogenated alkanes) is 72. The van der Waals surface area contributed by atoms with Crippen molar-refractivity contribution in [1.29, 1.82) is 0 Å². The van der Waals surface area contributed by atoms with Gasteiger partial charge in [0.05, 0.1) is 0 Å². The molecule has 0 rings (SSSR count). The molecule has 0 bridgehead atoms. The molecule has 4 nitrogen and oxygen atoms in total. The van der Waals surface area contributed by atoms with Gasteiger partial charge < -0.3 is 0 Å². The molecule has 617 valence electrons. The van der Waals surface area contributed by atoms with Gasteiger partial charge in [0, 0.05) is 0 Å². The van der Waals surface area contributed by atoms with Crippen LogP contribution in [-0.2, 0) is 10.4 Å². The molecule has 0 saturated carbocycles. The van der Waals surface area contributed by atoms with E-state index in [0.29, 0.717) is 0 Å². The summed E-state index contributed by atoms with van der Waals surface area (Å²) in [4.78, 5) is 0. The smallest absolute Gasteiger partial charge is 0.264 e. The van der Waals surface area contributed by atoms with E-state index in [4.69, 9.17) is 17.5 Å². The van der Waals surface area contributed by atoms with Crippen LogP contribution in [0.3, 0.4) is 0 Å². The molecule has 0 fully saturated rings. The van der Waals surface area contributed by atoms with E-state index in [1.807, 2.05) is 0 Å². The van der Waals surface area contributed by atoms with Crippen LogP contribution < -0.4 is 0 Å². The third-order valence-corrected chi connectivity index (χ3v) is 41.5. The van der Waals surface area contributed by atoms with Gasteiger partial charge in [-0.1, -0.05) is 0 Å². The molecule has 0 saturated heterocycles. The summed E-state index contributed by atoms with van der Waals surface area (Å²) in [6.45, 7) is 19.3. The Morgan fingerprint density at radius 3 is 0.265 bits per heavy atom. The van der Waals surface area contributed by atoms with E-state index in [2.05, 4.69) is 55.4 Å². The summed E-state index contributed by atoms with van der Waals surface area (Å²) in [5.74, 6) is 0. The second-order valence-electron chi connectivity index (χ2n) is 47.9. The molecule has 0 aromatic carbocycles. The van der Waals surface area contributed by atoms with Crippen LogP contribution in [-0.4, -0.2) is 27.2 Å². The van der Waals surface area contributed by atoms with Crippen LogP contribution in [0.15, 0.2) is 0 Å². The minimum absolute atomic E-state index is 1.38. The standard InChI is InChI=1S/8C12H25.Li.H2O4S/c8*1-3-5-7-9-11-12-10-8-6-4-2;;1-5(2,3)4/h8*1,3-12H2,2H3;;(H2,1,2,3,4). The van der Waals surface area contributed by atoms with Crippen molar-refractivity contribution in [2.75, 3.05) is 0 Å². The van der Waals surface area contributed by atoms with Crippen LogP contribution in [0.4, 0.5) is 0 Å². The zero-order chi connectivity index (χ0) is 75.1. The molecule has 0 heterocycles. The van der Waals surface area contributed by atoms with Gasteiger partial charge in [-0.3, -0.25) is 9.11 Å². The molecule has 0 spiro atoms. The summed E-state index contributed by atoms with van der Waals surface area (Å²) in [5, 5.41) is 14.3. The van der Waals surface area contributed by atoms with E-state index >= 15 is 0 Å². The van der Waals surface area contributed by atoms with Crippen molar-refractivity contribution >= 4 is 20.1 Å². The Kier molecular flexibility index (Phi) is 70.0.